The molecule has 226 valence electrons. The summed E-state index contributed by atoms with van der Waals surface area (Å²) in [6.07, 6.45) is 2.94. The number of anilines is 1. The molecule has 0 aliphatic rings. The predicted molar refractivity (Wildman–Crippen MR) is 169 cm³/mol. The summed E-state index contributed by atoms with van der Waals surface area (Å²) in [4.78, 5) is 29.2. The van der Waals surface area contributed by atoms with Gasteiger partial charge in [-0.2, -0.15) is 0 Å². The van der Waals surface area contributed by atoms with Crippen LogP contribution >= 0.6 is 23.2 Å². The molecule has 3 rings (SSSR count). The summed E-state index contributed by atoms with van der Waals surface area (Å²) in [5.74, 6) is -0.298. The van der Waals surface area contributed by atoms with Crippen LogP contribution in [-0.2, 0) is 32.6 Å². The second-order valence-electron chi connectivity index (χ2n) is 9.82. The van der Waals surface area contributed by atoms with Gasteiger partial charge in [-0.05, 0) is 60.9 Å². The van der Waals surface area contributed by atoms with Gasteiger partial charge in [0.15, 0.2) is 0 Å². The van der Waals surface area contributed by atoms with Gasteiger partial charge in [0, 0.05) is 19.5 Å². The maximum absolute atomic E-state index is 14.1. The maximum Gasteiger partial charge on any atom is 0.244 e. The molecule has 2 amide bonds. The lowest BCUT2D eigenvalue weighted by molar-refractivity contribution is -0.140. The first-order valence-corrected chi connectivity index (χ1v) is 16.4. The van der Waals surface area contributed by atoms with Crippen molar-refractivity contribution in [2.24, 2.45) is 0 Å². The first kappa shape index (κ1) is 33.2. The molecule has 0 spiro atoms. The zero-order chi connectivity index (χ0) is 30.7. The van der Waals surface area contributed by atoms with Crippen LogP contribution < -0.4 is 14.4 Å². The largest absolute Gasteiger partial charge is 0.494 e. The Balaban J connectivity index is 2.03. The molecule has 8 nitrogen and oxygen atoms in total. The molecule has 0 saturated carbocycles. The SMILES string of the molecule is CCCCNC(=O)[C@@H](Cc1ccccc1)N(Cc1ccc(Cl)c(Cl)c1)C(=O)CN(c1ccc(OCC)cc1)S(C)(=O)=O. The Bertz CT molecular complexity index is 1440. The van der Waals surface area contributed by atoms with Crippen LogP contribution in [0.5, 0.6) is 5.75 Å². The highest BCUT2D eigenvalue weighted by Crippen LogP contribution is 2.26. The smallest absolute Gasteiger partial charge is 0.244 e. The first-order valence-electron chi connectivity index (χ1n) is 13.8. The summed E-state index contributed by atoms with van der Waals surface area (Å²) in [6.45, 7) is 4.28. The first-order chi connectivity index (χ1) is 20.0. The molecule has 1 N–H and O–H groups in total. The highest BCUT2D eigenvalue weighted by molar-refractivity contribution is 7.92. The van der Waals surface area contributed by atoms with E-state index in [0.29, 0.717) is 40.2 Å². The van der Waals surface area contributed by atoms with E-state index in [1.54, 1.807) is 42.5 Å². The molecule has 42 heavy (non-hydrogen) atoms. The highest BCUT2D eigenvalue weighted by Gasteiger charge is 2.33. The van der Waals surface area contributed by atoms with Crippen LogP contribution in [0.15, 0.2) is 72.8 Å². The zero-order valence-electron chi connectivity index (χ0n) is 24.1. The fourth-order valence-corrected chi connectivity index (χ4v) is 5.55. The number of nitrogens with one attached hydrogen (secondary N) is 1. The second kappa shape index (κ2) is 15.8. The molecule has 0 bridgehead atoms. The van der Waals surface area contributed by atoms with Crippen molar-refractivity contribution in [3.63, 3.8) is 0 Å². The van der Waals surface area contributed by atoms with Gasteiger partial charge in [-0.3, -0.25) is 13.9 Å². The van der Waals surface area contributed by atoms with E-state index in [-0.39, 0.29) is 18.9 Å². The summed E-state index contributed by atoms with van der Waals surface area (Å²) in [7, 11) is -3.87. The van der Waals surface area contributed by atoms with E-state index in [2.05, 4.69) is 5.32 Å². The van der Waals surface area contributed by atoms with Gasteiger partial charge in [-0.25, -0.2) is 8.42 Å². The van der Waals surface area contributed by atoms with Crippen LogP contribution in [0.25, 0.3) is 0 Å². The van der Waals surface area contributed by atoms with E-state index in [1.165, 1.54) is 4.90 Å². The standard InChI is InChI=1S/C31H37Cl2N3O5S/c1-4-6-18-34-31(38)29(20-23-10-8-7-9-11-23)35(21-24-12-17-27(32)28(33)19-24)30(37)22-36(42(3,39)40)25-13-15-26(16-14-25)41-5-2/h7-17,19,29H,4-6,18,20-22H2,1-3H3,(H,34,38)/t29-/m1/s1. The molecule has 0 radical (unpaired) electrons. The number of ether oxygens (including phenoxy) is 1. The van der Waals surface area contributed by atoms with Gasteiger partial charge in [0.25, 0.3) is 0 Å². The van der Waals surface area contributed by atoms with E-state index >= 15 is 0 Å². The molecule has 3 aromatic rings. The number of hydrogen-bond donors (Lipinski definition) is 1. The Morgan fingerprint density at radius 3 is 2.21 bits per heavy atom. The van der Waals surface area contributed by atoms with E-state index in [9.17, 15) is 18.0 Å². The van der Waals surface area contributed by atoms with Gasteiger partial charge < -0.3 is 15.0 Å². The fraction of sp³-hybridized carbons (Fsp3) is 0.355. The van der Waals surface area contributed by atoms with Crippen LogP contribution in [0.1, 0.15) is 37.8 Å². The molecule has 0 unspecified atom stereocenters. The van der Waals surface area contributed by atoms with Gasteiger partial charge in [0.05, 0.1) is 28.6 Å². The number of carbonyl (C=O) groups is 2. The van der Waals surface area contributed by atoms with Crippen molar-refractivity contribution < 1.29 is 22.7 Å². The minimum atomic E-state index is -3.87. The number of amides is 2. The number of carbonyl (C=O) groups excluding carboxylic acids is 2. The lowest BCUT2D eigenvalue weighted by atomic mass is 10.0. The molecule has 1 atom stereocenters. The average Bonchev–Trinajstić information content (AvgIpc) is 2.96. The molecule has 0 fully saturated rings. The van der Waals surface area contributed by atoms with E-state index < -0.39 is 28.5 Å². The molecule has 11 heteroatoms. The third kappa shape index (κ3) is 9.64. The van der Waals surface area contributed by atoms with Crippen molar-refractivity contribution in [3.8, 4) is 5.75 Å². The van der Waals surface area contributed by atoms with Crippen LogP contribution in [0.2, 0.25) is 10.0 Å². The normalized spacial score (nSPS) is 11.9. The molecular formula is C31H37Cl2N3O5S. The number of unbranched alkanes of at least 4 members (excludes halogenated alkanes) is 1. The third-order valence-electron chi connectivity index (χ3n) is 6.55. The van der Waals surface area contributed by atoms with Gasteiger partial charge >= 0.3 is 0 Å². The Hall–Kier alpha value is -3.27. The van der Waals surface area contributed by atoms with Crippen molar-refractivity contribution in [1.29, 1.82) is 0 Å². The van der Waals surface area contributed by atoms with Crippen LogP contribution in [0.3, 0.4) is 0 Å². The van der Waals surface area contributed by atoms with Crippen molar-refractivity contribution in [1.82, 2.24) is 10.2 Å². The fourth-order valence-electron chi connectivity index (χ4n) is 4.38. The number of rotatable bonds is 15. The zero-order valence-corrected chi connectivity index (χ0v) is 26.4. The Morgan fingerprint density at radius 1 is 0.929 bits per heavy atom. The Labute approximate surface area is 258 Å². The van der Waals surface area contributed by atoms with Crippen LogP contribution in [-0.4, -0.2) is 57.1 Å². The average molecular weight is 635 g/mol. The van der Waals surface area contributed by atoms with Gasteiger partial charge in [0.2, 0.25) is 21.8 Å². The minimum Gasteiger partial charge on any atom is -0.494 e. The number of sulfonamides is 1. The van der Waals surface area contributed by atoms with Crippen molar-refractivity contribution >= 4 is 50.7 Å². The number of benzene rings is 3. The molecule has 0 aliphatic carbocycles. The maximum atomic E-state index is 14.1. The van der Waals surface area contributed by atoms with Crippen molar-refractivity contribution in [2.45, 2.75) is 45.7 Å². The summed E-state index contributed by atoms with van der Waals surface area (Å²) < 4.78 is 32.4. The van der Waals surface area contributed by atoms with Gasteiger partial charge in [0.1, 0.15) is 18.3 Å². The second-order valence-corrected chi connectivity index (χ2v) is 12.5. The highest BCUT2D eigenvalue weighted by atomic mass is 35.5. The van der Waals surface area contributed by atoms with Crippen molar-refractivity contribution in [2.75, 3.05) is 30.3 Å². The summed E-state index contributed by atoms with van der Waals surface area (Å²) >= 11 is 12.4. The predicted octanol–water partition coefficient (Wildman–Crippen LogP) is 5.71. The third-order valence-corrected chi connectivity index (χ3v) is 8.43. The van der Waals surface area contributed by atoms with E-state index in [0.717, 1.165) is 29.0 Å². The van der Waals surface area contributed by atoms with Crippen LogP contribution in [0, 0.1) is 0 Å². The topological polar surface area (TPSA) is 96.0 Å². The summed E-state index contributed by atoms with van der Waals surface area (Å²) in [6, 6.07) is 19.9. The molecular weight excluding hydrogens is 597 g/mol. The molecule has 3 aromatic carbocycles. The Kier molecular flexibility index (Phi) is 12.5. The Morgan fingerprint density at radius 2 is 1.62 bits per heavy atom. The quantitative estimate of drug-likeness (QED) is 0.216. The molecule has 0 saturated heterocycles. The number of hydrogen-bond acceptors (Lipinski definition) is 5. The summed E-state index contributed by atoms with van der Waals surface area (Å²) in [5, 5.41) is 3.62. The summed E-state index contributed by atoms with van der Waals surface area (Å²) in [5.41, 5.74) is 1.80. The molecule has 0 aromatic heterocycles. The lowest BCUT2D eigenvalue weighted by Gasteiger charge is -2.33. The molecule has 0 heterocycles. The van der Waals surface area contributed by atoms with E-state index in [4.69, 9.17) is 27.9 Å². The minimum absolute atomic E-state index is 0.00923. The number of halogens is 2. The number of nitrogens with zero attached hydrogens (tertiary/aromatic N) is 2. The van der Waals surface area contributed by atoms with E-state index in [1.807, 2.05) is 44.2 Å². The lowest BCUT2D eigenvalue weighted by Crippen LogP contribution is -2.53. The van der Waals surface area contributed by atoms with Crippen molar-refractivity contribution in [3.05, 3.63) is 94.0 Å². The monoisotopic (exact) mass is 633 g/mol. The van der Waals surface area contributed by atoms with Gasteiger partial charge in [-0.15, -0.1) is 0 Å². The van der Waals surface area contributed by atoms with Crippen LogP contribution in [0.4, 0.5) is 5.69 Å². The van der Waals surface area contributed by atoms with Gasteiger partial charge in [-0.1, -0.05) is 72.9 Å². The molecule has 0 aliphatic heterocycles.